The van der Waals surface area contributed by atoms with Crippen molar-refractivity contribution in [3.63, 3.8) is 0 Å². The minimum absolute atomic E-state index is 0.109. The Labute approximate surface area is 422 Å². The minimum Gasteiger partial charge on any atom is -0.506 e. The summed E-state index contributed by atoms with van der Waals surface area (Å²) in [7, 11) is 1.86. The van der Waals surface area contributed by atoms with Crippen LogP contribution in [0, 0.1) is 32.1 Å². The highest BCUT2D eigenvalue weighted by Crippen LogP contribution is 2.45. The number of thiazole rings is 1. The van der Waals surface area contributed by atoms with Crippen LogP contribution in [-0.2, 0) is 42.1 Å². The van der Waals surface area contributed by atoms with Gasteiger partial charge in [0.15, 0.2) is 0 Å². The minimum atomic E-state index is -0.752. The monoisotopic (exact) mass is 1000 g/mol. The standard InChI is InChI=1S/C54H72ClN5O9S/c1-36-30-41(17-19-45(36)55)49-48(20-18-43(50(49)62)46-31-37(2)58-59(46)7)69-23-10-8-9-21-65-24-26-67-28-29-68-27-25-66-22-11-12-44(54(4,5)6)53(64)60-34-42(61)32-47(60)52(63)56-33-39-13-15-40(16-14-39)51-38(3)57-35-70-51/h13-20,30-31,35,42,44,47,61-62H,8-12,21-29,32-34H2,1-7H3,(H,56,63)/t42-,44-,47+/m1/s1. The number of halogens is 1. The summed E-state index contributed by atoms with van der Waals surface area (Å²) in [6, 6.07) is 18.7. The highest BCUT2D eigenvalue weighted by molar-refractivity contribution is 7.13. The summed E-state index contributed by atoms with van der Waals surface area (Å²) in [6.45, 7) is 16.8. The topological polar surface area (TPSA) is 167 Å². The number of likely N-dealkylation sites (tertiary alicyclic amines) is 1. The number of ether oxygens (including phenoxy) is 5. The summed E-state index contributed by atoms with van der Waals surface area (Å²) in [5.41, 5.74) is 9.25. The fourth-order valence-corrected chi connectivity index (χ4v) is 9.68. The third-order valence-corrected chi connectivity index (χ3v) is 14.0. The molecule has 3 heterocycles. The molecular formula is C54H72ClN5O9S. The molecule has 0 aliphatic carbocycles. The molecule has 6 rings (SSSR count). The van der Waals surface area contributed by atoms with Crippen LogP contribution in [0.1, 0.15) is 81.8 Å². The maximum atomic E-state index is 14.0. The van der Waals surface area contributed by atoms with E-state index in [1.807, 2.05) is 115 Å². The molecule has 2 aromatic heterocycles. The summed E-state index contributed by atoms with van der Waals surface area (Å²) < 4.78 is 31.0. The number of nitrogens with one attached hydrogen (secondary N) is 1. The lowest BCUT2D eigenvalue weighted by molar-refractivity contribution is -0.145. The lowest BCUT2D eigenvalue weighted by atomic mass is 9.77. The predicted molar refractivity (Wildman–Crippen MR) is 275 cm³/mol. The number of carbonyl (C=O) groups excluding carboxylic acids is 2. The number of hydrogen-bond donors (Lipinski definition) is 3. The molecule has 0 radical (unpaired) electrons. The molecule has 1 saturated heterocycles. The maximum Gasteiger partial charge on any atom is 0.243 e. The Kier molecular flexibility index (Phi) is 20.7. The molecule has 70 heavy (non-hydrogen) atoms. The van der Waals surface area contributed by atoms with E-state index in [0.29, 0.717) is 101 Å². The lowest BCUT2D eigenvalue weighted by Crippen LogP contribution is -2.49. The Morgan fingerprint density at radius 3 is 2.10 bits per heavy atom. The van der Waals surface area contributed by atoms with Crippen molar-refractivity contribution >= 4 is 34.8 Å². The van der Waals surface area contributed by atoms with Crippen LogP contribution in [0.4, 0.5) is 0 Å². The number of rotatable bonds is 27. The van der Waals surface area contributed by atoms with Gasteiger partial charge in [0.1, 0.15) is 17.5 Å². The quantitative estimate of drug-likeness (QED) is 0.0429. The van der Waals surface area contributed by atoms with E-state index in [2.05, 4.69) is 15.4 Å². The highest BCUT2D eigenvalue weighted by atomic mass is 35.5. The molecule has 5 aromatic rings. The van der Waals surface area contributed by atoms with Gasteiger partial charge in [0.05, 0.1) is 85.4 Å². The van der Waals surface area contributed by atoms with E-state index in [4.69, 9.17) is 35.3 Å². The van der Waals surface area contributed by atoms with E-state index >= 15 is 0 Å². The molecule has 1 aliphatic heterocycles. The van der Waals surface area contributed by atoms with Gasteiger partial charge >= 0.3 is 0 Å². The summed E-state index contributed by atoms with van der Waals surface area (Å²) in [5.74, 6) is 0.0418. The van der Waals surface area contributed by atoms with Crippen LogP contribution in [0.5, 0.6) is 11.5 Å². The van der Waals surface area contributed by atoms with Crippen molar-refractivity contribution in [2.24, 2.45) is 18.4 Å². The van der Waals surface area contributed by atoms with E-state index in [1.165, 1.54) is 0 Å². The first-order chi connectivity index (χ1) is 33.6. The Bertz CT molecular complexity index is 2450. The summed E-state index contributed by atoms with van der Waals surface area (Å²) in [4.78, 5) is 34.5. The largest absolute Gasteiger partial charge is 0.506 e. The van der Waals surface area contributed by atoms with E-state index in [9.17, 15) is 19.8 Å². The van der Waals surface area contributed by atoms with Crippen molar-refractivity contribution < 1.29 is 43.5 Å². The average Bonchev–Trinajstić information content (AvgIpc) is 4.04. The zero-order valence-corrected chi connectivity index (χ0v) is 43.5. The molecule has 0 spiro atoms. The van der Waals surface area contributed by atoms with Crippen LogP contribution in [0.15, 0.2) is 66.2 Å². The van der Waals surface area contributed by atoms with Gasteiger partial charge in [0, 0.05) is 56.3 Å². The molecule has 0 bridgehead atoms. The molecule has 0 unspecified atom stereocenters. The number of carbonyl (C=O) groups is 2. The SMILES string of the molecule is Cc1cc(-c2ccc(OCCCCCOCCOCCOCCOCCC[C@H](C(=O)N3C[C@H](O)C[C@H]3C(=O)NCc3ccc(-c4scnc4C)cc3)C(C)(C)C)c(-c3ccc(Cl)c(C)c3)c2O)n(C)n1. The van der Waals surface area contributed by atoms with Gasteiger partial charge in [-0.1, -0.05) is 62.7 Å². The van der Waals surface area contributed by atoms with E-state index in [-0.39, 0.29) is 41.9 Å². The van der Waals surface area contributed by atoms with Crippen LogP contribution in [0.25, 0.3) is 32.8 Å². The molecule has 380 valence electrons. The third kappa shape index (κ3) is 15.3. The van der Waals surface area contributed by atoms with Crippen LogP contribution in [0.2, 0.25) is 5.02 Å². The number of benzene rings is 3. The van der Waals surface area contributed by atoms with Gasteiger partial charge in [-0.2, -0.15) is 5.10 Å². The molecule has 3 aromatic carbocycles. The molecular weight excluding hydrogens is 930 g/mol. The van der Waals surface area contributed by atoms with Gasteiger partial charge in [0.25, 0.3) is 0 Å². The van der Waals surface area contributed by atoms with E-state index < -0.39 is 12.1 Å². The zero-order valence-electron chi connectivity index (χ0n) is 41.9. The maximum absolute atomic E-state index is 14.0. The third-order valence-electron chi connectivity index (χ3n) is 12.6. The number of aromatic hydroxyl groups is 1. The van der Waals surface area contributed by atoms with Crippen molar-refractivity contribution in [1.29, 1.82) is 0 Å². The molecule has 14 nitrogen and oxygen atoms in total. The van der Waals surface area contributed by atoms with Crippen molar-refractivity contribution in [2.45, 2.75) is 98.8 Å². The summed E-state index contributed by atoms with van der Waals surface area (Å²) >= 11 is 7.93. The molecule has 0 saturated carbocycles. The van der Waals surface area contributed by atoms with E-state index in [0.717, 1.165) is 63.5 Å². The van der Waals surface area contributed by atoms with Crippen LogP contribution >= 0.6 is 22.9 Å². The molecule has 2 amide bonds. The molecule has 1 aliphatic rings. The number of amides is 2. The van der Waals surface area contributed by atoms with Crippen LogP contribution in [0.3, 0.4) is 0 Å². The molecule has 3 atom stereocenters. The second kappa shape index (κ2) is 26.5. The predicted octanol–water partition coefficient (Wildman–Crippen LogP) is 9.50. The number of aryl methyl sites for hydroxylation is 4. The van der Waals surface area contributed by atoms with Gasteiger partial charge in [-0.15, -0.1) is 11.3 Å². The first-order valence-electron chi connectivity index (χ1n) is 24.4. The van der Waals surface area contributed by atoms with Gasteiger partial charge < -0.3 is 44.1 Å². The van der Waals surface area contributed by atoms with Gasteiger partial charge in [0.2, 0.25) is 11.8 Å². The number of hydrogen-bond acceptors (Lipinski definition) is 12. The molecule has 16 heteroatoms. The van der Waals surface area contributed by atoms with E-state index in [1.54, 1.807) is 20.9 Å². The second-order valence-corrected chi connectivity index (χ2v) is 20.4. The number of aliphatic hydroxyl groups excluding tert-OH is 1. The number of unbranched alkanes of at least 4 members (excludes halogenated alkanes) is 2. The molecule has 3 N–H and O–H groups in total. The first kappa shape index (κ1) is 54.5. The van der Waals surface area contributed by atoms with Crippen LogP contribution in [-0.4, -0.2) is 120 Å². The van der Waals surface area contributed by atoms with Crippen molar-refractivity contribution in [1.82, 2.24) is 25.0 Å². The Hall–Kier alpha value is -4.87. The fourth-order valence-electron chi connectivity index (χ4n) is 8.75. The van der Waals surface area contributed by atoms with Gasteiger partial charge in [-0.25, -0.2) is 4.98 Å². The number of β-amino-alcohol motifs (C(OH)–C–C–N with tert-alkyl or cyclic N) is 1. The van der Waals surface area contributed by atoms with Gasteiger partial charge in [-0.3, -0.25) is 14.3 Å². The Morgan fingerprint density at radius 2 is 1.49 bits per heavy atom. The average molecular weight is 1000 g/mol. The smallest absolute Gasteiger partial charge is 0.243 e. The number of phenols is 1. The number of phenolic OH excluding ortho intramolecular Hbond substituents is 1. The number of aliphatic hydroxyl groups is 1. The lowest BCUT2D eigenvalue weighted by Gasteiger charge is -2.35. The summed E-state index contributed by atoms with van der Waals surface area (Å²) in [6.07, 6.45) is 3.39. The van der Waals surface area contributed by atoms with Crippen molar-refractivity contribution in [3.8, 4) is 44.3 Å². The van der Waals surface area contributed by atoms with Crippen LogP contribution < -0.4 is 10.1 Å². The van der Waals surface area contributed by atoms with Crippen molar-refractivity contribution in [3.05, 3.63) is 93.7 Å². The Balaban J connectivity index is 0.793. The number of aromatic nitrogens is 3. The Morgan fingerprint density at radius 1 is 0.843 bits per heavy atom. The normalized spacial score (nSPS) is 15.4. The van der Waals surface area contributed by atoms with Crippen molar-refractivity contribution in [2.75, 3.05) is 66.0 Å². The molecule has 1 fully saturated rings. The second-order valence-electron chi connectivity index (χ2n) is 19.1. The number of nitrogens with zero attached hydrogens (tertiary/aromatic N) is 4. The zero-order chi connectivity index (χ0) is 50.2. The highest BCUT2D eigenvalue weighted by Gasteiger charge is 2.43. The fraction of sp³-hybridized carbons (Fsp3) is 0.519. The van der Waals surface area contributed by atoms with Gasteiger partial charge in [-0.05, 0) is 111 Å². The summed E-state index contributed by atoms with van der Waals surface area (Å²) in [5, 5.41) is 30.2. The first-order valence-corrected chi connectivity index (χ1v) is 25.7.